The summed E-state index contributed by atoms with van der Waals surface area (Å²) >= 11 is 5.46. The fraction of sp³-hybridized carbons (Fsp3) is 0.500. The monoisotopic (exact) mass is 244 g/mol. The van der Waals surface area contributed by atoms with Gasteiger partial charge in [0.15, 0.2) is 0 Å². The summed E-state index contributed by atoms with van der Waals surface area (Å²) in [5.74, 6) is 0.927. The van der Waals surface area contributed by atoms with Gasteiger partial charge < -0.3 is 14.6 Å². The third kappa shape index (κ3) is 4.84. The van der Waals surface area contributed by atoms with Gasteiger partial charge in [-0.1, -0.05) is 12.1 Å². The molecule has 1 atom stereocenters. The number of hydrogen-bond acceptors (Lipinski definition) is 3. The van der Waals surface area contributed by atoms with E-state index in [-0.39, 0.29) is 12.5 Å². The van der Waals surface area contributed by atoms with Crippen LogP contribution in [0, 0.1) is 0 Å². The minimum Gasteiger partial charge on any atom is -0.491 e. The average molecular weight is 245 g/mol. The van der Waals surface area contributed by atoms with Crippen LogP contribution in [0.15, 0.2) is 24.3 Å². The molecule has 0 bridgehead atoms. The van der Waals surface area contributed by atoms with Crippen LogP contribution >= 0.6 is 11.6 Å². The maximum absolute atomic E-state index is 9.22. The normalized spacial score (nSPS) is 12.4. The Morgan fingerprint density at radius 2 is 2.00 bits per heavy atom. The van der Waals surface area contributed by atoms with Gasteiger partial charge in [0.25, 0.3) is 0 Å². The molecule has 0 aliphatic rings. The van der Waals surface area contributed by atoms with Crippen molar-refractivity contribution < 1.29 is 14.6 Å². The molecule has 0 heterocycles. The number of hydrogen-bond donors (Lipinski definition) is 1. The Kier molecular flexibility index (Phi) is 6.23. The molecule has 0 saturated heterocycles. The van der Waals surface area contributed by atoms with Crippen LogP contribution in [0.3, 0.4) is 0 Å². The van der Waals surface area contributed by atoms with E-state index in [1.165, 1.54) is 5.56 Å². The van der Waals surface area contributed by atoms with Crippen LogP contribution in [-0.4, -0.2) is 37.4 Å². The van der Waals surface area contributed by atoms with E-state index in [9.17, 15) is 5.11 Å². The smallest absolute Gasteiger partial charge is 0.119 e. The van der Waals surface area contributed by atoms with E-state index in [4.69, 9.17) is 21.1 Å². The first kappa shape index (κ1) is 13.3. The molecule has 0 fully saturated rings. The molecule has 0 aliphatic carbocycles. The van der Waals surface area contributed by atoms with Crippen LogP contribution in [0.2, 0.25) is 0 Å². The van der Waals surface area contributed by atoms with Crippen molar-refractivity contribution in [1.82, 2.24) is 0 Å². The summed E-state index contributed by atoms with van der Waals surface area (Å²) in [6, 6.07) is 7.74. The highest BCUT2D eigenvalue weighted by molar-refractivity contribution is 6.18. The Morgan fingerprint density at radius 1 is 1.31 bits per heavy atom. The summed E-state index contributed by atoms with van der Waals surface area (Å²) in [5, 5.41) is 9.22. The van der Waals surface area contributed by atoms with Gasteiger partial charge in [0.05, 0.1) is 12.5 Å². The van der Waals surface area contributed by atoms with Crippen molar-refractivity contribution in [2.75, 3.05) is 26.2 Å². The van der Waals surface area contributed by atoms with Crippen LogP contribution in [0.5, 0.6) is 5.75 Å². The van der Waals surface area contributed by atoms with Crippen molar-refractivity contribution in [3.05, 3.63) is 29.8 Å². The van der Waals surface area contributed by atoms with Crippen molar-refractivity contribution >= 4 is 11.6 Å². The summed E-state index contributed by atoms with van der Waals surface area (Å²) in [5.41, 5.74) is 1.20. The lowest BCUT2D eigenvalue weighted by atomic mass is 10.1. The minimum atomic E-state index is -0.616. The number of halogens is 1. The van der Waals surface area contributed by atoms with E-state index in [0.29, 0.717) is 6.61 Å². The summed E-state index contributed by atoms with van der Waals surface area (Å²) < 4.78 is 10.3. The molecule has 16 heavy (non-hydrogen) atoms. The van der Waals surface area contributed by atoms with Gasteiger partial charge in [0.2, 0.25) is 0 Å². The van der Waals surface area contributed by atoms with Gasteiger partial charge in [0.1, 0.15) is 18.5 Å². The molecule has 0 unspecified atom stereocenters. The highest BCUT2D eigenvalue weighted by Gasteiger charge is 2.02. The standard InChI is InChI=1S/C12H17ClO3/c1-15-7-6-10-2-4-12(5-3-10)16-9-11(14)8-13/h2-5,11,14H,6-9H2,1H3/t11-/m0/s1. The molecule has 0 aliphatic heterocycles. The van der Waals surface area contributed by atoms with E-state index in [0.717, 1.165) is 12.2 Å². The van der Waals surface area contributed by atoms with Crippen molar-refractivity contribution in [3.63, 3.8) is 0 Å². The Balaban J connectivity index is 2.38. The Bertz CT molecular complexity index is 287. The third-order valence-electron chi connectivity index (χ3n) is 2.14. The first-order valence-corrected chi connectivity index (χ1v) is 5.74. The Morgan fingerprint density at radius 3 is 2.56 bits per heavy atom. The number of benzene rings is 1. The SMILES string of the molecule is COCCc1ccc(OC[C@@H](O)CCl)cc1. The molecule has 0 saturated carbocycles. The Hall–Kier alpha value is -0.770. The number of ether oxygens (including phenoxy) is 2. The summed E-state index contributed by atoms with van der Waals surface area (Å²) in [6.07, 6.45) is 0.274. The average Bonchev–Trinajstić information content (AvgIpc) is 2.34. The molecule has 4 heteroatoms. The molecule has 1 rings (SSSR count). The second-order valence-electron chi connectivity index (χ2n) is 3.51. The molecule has 0 aromatic heterocycles. The second-order valence-corrected chi connectivity index (χ2v) is 3.81. The van der Waals surface area contributed by atoms with Crippen LogP contribution in [0.1, 0.15) is 5.56 Å². The summed E-state index contributed by atoms with van der Waals surface area (Å²) in [4.78, 5) is 0. The fourth-order valence-corrected chi connectivity index (χ4v) is 1.30. The highest BCUT2D eigenvalue weighted by atomic mass is 35.5. The van der Waals surface area contributed by atoms with Gasteiger partial charge >= 0.3 is 0 Å². The zero-order valence-corrected chi connectivity index (χ0v) is 10.1. The van der Waals surface area contributed by atoms with Crippen molar-refractivity contribution in [3.8, 4) is 5.75 Å². The van der Waals surface area contributed by atoms with E-state index in [2.05, 4.69) is 0 Å². The lowest BCUT2D eigenvalue weighted by Gasteiger charge is -2.10. The predicted molar refractivity (Wildman–Crippen MR) is 64.2 cm³/mol. The third-order valence-corrected chi connectivity index (χ3v) is 2.49. The second kappa shape index (κ2) is 7.49. The van der Waals surface area contributed by atoms with Crippen LogP contribution < -0.4 is 4.74 Å². The summed E-state index contributed by atoms with van der Waals surface area (Å²) in [6.45, 7) is 0.937. The van der Waals surface area contributed by atoms with Gasteiger partial charge in [-0.25, -0.2) is 0 Å². The maximum Gasteiger partial charge on any atom is 0.119 e. The number of rotatable bonds is 7. The van der Waals surface area contributed by atoms with Gasteiger partial charge in [0, 0.05) is 7.11 Å². The van der Waals surface area contributed by atoms with Crippen molar-refractivity contribution in [2.45, 2.75) is 12.5 Å². The molecule has 0 amide bonds. The molecular weight excluding hydrogens is 228 g/mol. The molecule has 0 spiro atoms. The van der Waals surface area contributed by atoms with Crippen molar-refractivity contribution in [2.24, 2.45) is 0 Å². The molecule has 0 radical (unpaired) electrons. The van der Waals surface area contributed by atoms with Crippen LogP contribution in [0.4, 0.5) is 0 Å². The fourth-order valence-electron chi connectivity index (χ4n) is 1.21. The summed E-state index contributed by atoms with van der Waals surface area (Å²) in [7, 11) is 1.69. The topological polar surface area (TPSA) is 38.7 Å². The number of aliphatic hydroxyl groups is 1. The highest BCUT2D eigenvalue weighted by Crippen LogP contribution is 2.13. The molecule has 1 N–H and O–H groups in total. The van der Waals surface area contributed by atoms with Gasteiger partial charge in [-0.05, 0) is 24.1 Å². The number of methoxy groups -OCH3 is 1. The Labute approximate surface area is 101 Å². The number of aliphatic hydroxyl groups excluding tert-OH is 1. The quantitative estimate of drug-likeness (QED) is 0.744. The first-order chi connectivity index (χ1) is 7.76. The van der Waals surface area contributed by atoms with Crippen LogP contribution in [-0.2, 0) is 11.2 Å². The molecule has 90 valence electrons. The maximum atomic E-state index is 9.22. The van der Waals surface area contributed by atoms with Gasteiger partial charge in [-0.2, -0.15) is 0 Å². The van der Waals surface area contributed by atoms with E-state index in [1.807, 2.05) is 24.3 Å². The zero-order valence-electron chi connectivity index (χ0n) is 9.36. The molecule has 1 aromatic rings. The lowest BCUT2D eigenvalue weighted by Crippen LogP contribution is -2.18. The minimum absolute atomic E-state index is 0.186. The predicted octanol–water partition coefficient (Wildman–Crippen LogP) is 1.85. The first-order valence-electron chi connectivity index (χ1n) is 5.21. The van der Waals surface area contributed by atoms with Crippen LogP contribution in [0.25, 0.3) is 0 Å². The van der Waals surface area contributed by atoms with Crippen molar-refractivity contribution in [1.29, 1.82) is 0 Å². The van der Waals surface area contributed by atoms with E-state index >= 15 is 0 Å². The van der Waals surface area contributed by atoms with E-state index < -0.39 is 6.10 Å². The van der Waals surface area contributed by atoms with E-state index in [1.54, 1.807) is 7.11 Å². The molecular formula is C12H17ClO3. The molecule has 3 nitrogen and oxygen atoms in total. The lowest BCUT2D eigenvalue weighted by molar-refractivity contribution is 0.125. The van der Waals surface area contributed by atoms with Gasteiger partial charge in [-0.3, -0.25) is 0 Å². The molecule has 1 aromatic carbocycles. The van der Waals surface area contributed by atoms with Gasteiger partial charge in [-0.15, -0.1) is 11.6 Å². The number of alkyl halides is 1. The largest absolute Gasteiger partial charge is 0.491 e. The zero-order chi connectivity index (χ0) is 11.8.